The number of alkyl carbamates (subject to hydrolysis) is 1. The summed E-state index contributed by atoms with van der Waals surface area (Å²) in [5, 5.41) is 7.04. The smallest absolute Gasteiger partial charge is 0.407 e. The van der Waals surface area contributed by atoms with E-state index < -0.39 is 15.6 Å². The normalized spacial score (nSPS) is 18.4. The van der Waals surface area contributed by atoms with Crippen molar-refractivity contribution < 1.29 is 17.9 Å². The third kappa shape index (κ3) is 7.33. The van der Waals surface area contributed by atoms with Crippen LogP contribution in [-0.2, 0) is 14.8 Å². The predicted molar refractivity (Wildman–Crippen MR) is 149 cm³/mol. The van der Waals surface area contributed by atoms with E-state index in [0.29, 0.717) is 17.2 Å². The molecule has 1 aromatic carbocycles. The molecule has 1 aliphatic rings. The Balaban J connectivity index is 1.54. The van der Waals surface area contributed by atoms with Crippen LogP contribution in [0.15, 0.2) is 41.7 Å². The minimum Gasteiger partial charge on any atom is -0.447 e. The first-order valence-corrected chi connectivity index (χ1v) is 15.1. The molecule has 206 valence electrons. The van der Waals surface area contributed by atoms with Crippen LogP contribution in [-0.4, -0.2) is 47.1 Å². The Morgan fingerprint density at radius 2 is 1.89 bits per heavy atom. The van der Waals surface area contributed by atoms with Gasteiger partial charge in [-0.15, -0.1) is 11.3 Å². The molecule has 38 heavy (non-hydrogen) atoms. The van der Waals surface area contributed by atoms with Crippen molar-refractivity contribution in [2.75, 3.05) is 5.32 Å². The standard InChI is InChI=1S/C26H36N6O4S2/c1-16(2)36-25(33)31-18-8-6-17(7-9-18)23-29-15-21(37-23)20-11-10-19(30-24-27-12-13-28-24)14-22(20)38(34,35)32-26(3,4)5/h10-18,32H,6-9H2,1-5H3,(H,31,33)(H2,27,28,30). The zero-order chi connectivity index (χ0) is 27.5. The van der Waals surface area contributed by atoms with E-state index >= 15 is 0 Å². The number of imidazole rings is 1. The zero-order valence-electron chi connectivity index (χ0n) is 22.4. The number of rotatable bonds is 8. The van der Waals surface area contributed by atoms with Gasteiger partial charge in [-0.25, -0.2) is 27.9 Å². The minimum absolute atomic E-state index is 0.0892. The molecule has 4 N–H and O–H groups in total. The van der Waals surface area contributed by atoms with E-state index in [1.54, 1.807) is 30.7 Å². The van der Waals surface area contributed by atoms with Crippen LogP contribution in [0.5, 0.6) is 0 Å². The summed E-state index contributed by atoms with van der Waals surface area (Å²) in [7, 11) is -3.84. The van der Waals surface area contributed by atoms with Gasteiger partial charge < -0.3 is 20.4 Å². The van der Waals surface area contributed by atoms with Crippen LogP contribution in [0.3, 0.4) is 0 Å². The molecule has 3 aromatic rings. The first-order valence-electron chi connectivity index (χ1n) is 12.8. The van der Waals surface area contributed by atoms with Crippen molar-refractivity contribution in [3.8, 4) is 10.4 Å². The number of hydrogen-bond donors (Lipinski definition) is 4. The molecule has 1 fully saturated rings. The Kier molecular flexibility index (Phi) is 8.43. The third-order valence-electron chi connectivity index (χ3n) is 6.00. The first-order chi connectivity index (χ1) is 17.9. The number of carbonyl (C=O) groups excluding carboxylic acids is 1. The number of amides is 1. The lowest BCUT2D eigenvalue weighted by atomic mass is 9.86. The van der Waals surface area contributed by atoms with Gasteiger partial charge >= 0.3 is 6.09 Å². The highest BCUT2D eigenvalue weighted by Crippen LogP contribution is 2.40. The average molecular weight is 561 g/mol. The van der Waals surface area contributed by atoms with Crippen molar-refractivity contribution in [1.29, 1.82) is 0 Å². The van der Waals surface area contributed by atoms with Gasteiger partial charge in [0, 0.05) is 47.3 Å². The van der Waals surface area contributed by atoms with Crippen LogP contribution in [0.1, 0.15) is 71.2 Å². The van der Waals surface area contributed by atoms with Gasteiger partial charge in [0.15, 0.2) is 0 Å². The van der Waals surface area contributed by atoms with Crippen molar-refractivity contribution in [3.63, 3.8) is 0 Å². The molecule has 1 saturated carbocycles. The quantitative estimate of drug-likeness (QED) is 0.285. The van der Waals surface area contributed by atoms with Crippen LogP contribution in [0.2, 0.25) is 0 Å². The van der Waals surface area contributed by atoms with Crippen LogP contribution in [0.25, 0.3) is 10.4 Å². The first kappa shape index (κ1) is 28.1. The highest BCUT2D eigenvalue weighted by Gasteiger charge is 2.29. The number of carbonyl (C=O) groups is 1. The van der Waals surface area contributed by atoms with Crippen LogP contribution >= 0.6 is 11.3 Å². The Morgan fingerprint density at radius 3 is 2.53 bits per heavy atom. The van der Waals surface area contributed by atoms with Crippen molar-refractivity contribution in [1.82, 2.24) is 25.0 Å². The monoisotopic (exact) mass is 560 g/mol. The fourth-order valence-electron chi connectivity index (χ4n) is 4.45. The van der Waals surface area contributed by atoms with Gasteiger partial charge in [-0.05, 0) is 72.4 Å². The number of benzene rings is 1. The fourth-order valence-corrected chi connectivity index (χ4v) is 7.31. The van der Waals surface area contributed by atoms with E-state index in [1.807, 2.05) is 40.7 Å². The third-order valence-corrected chi connectivity index (χ3v) is 8.99. The number of hydrogen-bond acceptors (Lipinski definition) is 8. The number of sulfonamides is 1. The summed E-state index contributed by atoms with van der Waals surface area (Å²) in [5.41, 5.74) is 0.556. The molecule has 2 aromatic heterocycles. The molecular formula is C26H36N6O4S2. The summed E-state index contributed by atoms with van der Waals surface area (Å²) >= 11 is 1.52. The van der Waals surface area contributed by atoms with Crippen LogP contribution in [0, 0.1) is 0 Å². The van der Waals surface area contributed by atoms with Gasteiger partial charge in [0.1, 0.15) is 0 Å². The summed E-state index contributed by atoms with van der Waals surface area (Å²) in [4.78, 5) is 24.7. The average Bonchev–Trinajstić information content (AvgIpc) is 3.50. The lowest BCUT2D eigenvalue weighted by molar-refractivity contribution is 0.109. The number of H-pyrrole nitrogens is 1. The topological polar surface area (TPSA) is 138 Å². The Bertz CT molecular complexity index is 1340. The maximum Gasteiger partial charge on any atom is 0.407 e. The van der Waals surface area contributed by atoms with Gasteiger partial charge in [0.2, 0.25) is 16.0 Å². The molecule has 4 rings (SSSR count). The molecule has 0 saturated heterocycles. The Labute approximate surface area is 228 Å². The lowest BCUT2D eigenvalue weighted by Crippen LogP contribution is -2.40. The summed E-state index contributed by atoms with van der Waals surface area (Å²) in [6.45, 7) is 9.10. The molecular weight excluding hydrogens is 524 g/mol. The van der Waals surface area contributed by atoms with E-state index in [0.717, 1.165) is 35.6 Å². The highest BCUT2D eigenvalue weighted by molar-refractivity contribution is 7.89. The van der Waals surface area contributed by atoms with Crippen LogP contribution in [0.4, 0.5) is 16.4 Å². The van der Waals surface area contributed by atoms with Crippen molar-refractivity contribution in [2.24, 2.45) is 0 Å². The molecule has 2 heterocycles. The summed E-state index contributed by atoms with van der Waals surface area (Å²) < 4.78 is 34.9. The van der Waals surface area contributed by atoms with Gasteiger partial charge in [0.05, 0.1) is 20.9 Å². The maximum atomic E-state index is 13.5. The second kappa shape index (κ2) is 11.4. The van der Waals surface area contributed by atoms with Crippen molar-refractivity contribution >= 4 is 39.1 Å². The summed E-state index contributed by atoms with van der Waals surface area (Å²) in [5.74, 6) is 0.785. The largest absolute Gasteiger partial charge is 0.447 e. The van der Waals surface area contributed by atoms with Gasteiger partial charge in [-0.1, -0.05) is 6.07 Å². The molecule has 0 bridgehead atoms. The van der Waals surface area contributed by atoms with Crippen molar-refractivity contribution in [2.45, 2.75) is 88.8 Å². The SMILES string of the molecule is CC(C)OC(=O)NC1CCC(c2ncc(-c3ccc(Nc4ncc[nH]4)cc3S(=O)(=O)NC(C)(C)C)s2)CC1. The molecule has 1 amide bonds. The van der Waals surface area contributed by atoms with E-state index in [9.17, 15) is 13.2 Å². The van der Waals surface area contributed by atoms with E-state index in [-0.39, 0.29) is 29.1 Å². The maximum absolute atomic E-state index is 13.5. The summed E-state index contributed by atoms with van der Waals surface area (Å²) in [6, 6.07) is 5.35. The molecule has 0 radical (unpaired) electrons. The Hall–Kier alpha value is -2.96. The molecule has 0 unspecified atom stereocenters. The van der Waals surface area contributed by atoms with E-state index in [2.05, 4.69) is 30.3 Å². The van der Waals surface area contributed by atoms with E-state index in [4.69, 9.17) is 4.74 Å². The van der Waals surface area contributed by atoms with Crippen molar-refractivity contribution in [3.05, 3.63) is 41.8 Å². The van der Waals surface area contributed by atoms with Gasteiger partial charge in [-0.2, -0.15) is 0 Å². The number of thiazole rings is 1. The highest BCUT2D eigenvalue weighted by atomic mass is 32.2. The van der Waals surface area contributed by atoms with Gasteiger partial charge in [-0.3, -0.25) is 0 Å². The fraction of sp³-hybridized carbons (Fsp3) is 0.500. The van der Waals surface area contributed by atoms with Crippen LogP contribution < -0.4 is 15.4 Å². The predicted octanol–water partition coefficient (Wildman–Crippen LogP) is 5.51. The van der Waals surface area contributed by atoms with E-state index in [1.165, 1.54) is 11.3 Å². The molecule has 0 aliphatic heterocycles. The molecule has 0 atom stereocenters. The number of aromatic nitrogens is 3. The number of ether oxygens (including phenoxy) is 1. The Morgan fingerprint density at radius 1 is 1.16 bits per heavy atom. The molecule has 1 aliphatic carbocycles. The second-order valence-electron chi connectivity index (χ2n) is 10.8. The molecule has 10 nitrogen and oxygen atoms in total. The number of nitrogens with one attached hydrogen (secondary N) is 4. The summed E-state index contributed by atoms with van der Waals surface area (Å²) in [6.07, 6.45) is 8.01. The zero-order valence-corrected chi connectivity index (χ0v) is 24.0. The minimum atomic E-state index is -3.84. The molecule has 12 heteroatoms. The van der Waals surface area contributed by atoms with Gasteiger partial charge in [0.25, 0.3) is 0 Å². The number of anilines is 2. The number of nitrogens with zero attached hydrogens (tertiary/aromatic N) is 2. The lowest BCUT2D eigenvalue weighted by Gasteiger charge is -2.28. The second-order valence-corrected chi connectivity index (χ2v) is 13.6. The molecule has 0 spiro atoms. The number of aromatic amines is 1.